The maximum absolute atomic E-state index is 12.7. The van der Waals surface area contributed by atoms with Gasteiger partial charge in [-0.15, -0.1) is 11.8 Å². The number of hydrogen-bond acceptors (Lipinski definition) is 8. The second-order valence-corrected chi connectivity index (χ2v) is 8.40. The first-order valence-electron chi connectivity index (χ1n) is 10.7. The average molecular weight is 489 g/mol. The van der Waals surface area contributed by atoms with Crippen LogP contribution >= 0.6 is 11.8 Å². The van der Waals surface area contributed by atoms with Gasteiger partial charge in [0.25, 0.3) is 0 Å². The van der Waals surface area contributed by atoms with E-state index in [2.05, 4.69) is 5.32 Å². The van der Waals surface area contributed by atoms with E-state index in [1.807, 2.05) is 6.07 Å². The molecular formula is C26H20N2O6S. The van der Waals surface area contributed by atoms with Gasteiger partial charge >= 0.3 is 5.97 Å². The molecule has 0 aromatic heterocycles. The van der Waals surface area contributed by atoms with Gasteiger partial charge in [-0.1, -0.05) is 18.2 Å². The van der Waals surface area contributed by atoms with Crippen molar-refractivity contribution in [2.45, 2.75) is 4.90 Å². The van der Waals surface area contributed by atoms with Crippen molar-refractivity contribution in [3.8, 4) is 17.6 Å². The maximum Gasteiger partial charge on any atom is 0.339 e. The predicted molar refractivity (Wildman–Crippen MR) is 129 cm³/mol. The number of thioether (sulfide) groups is 1. The van der Waals surface area contributed by atoms with E-state index >= 15 is 0 Å². The van der Waals surface area contributed by atoms with Crippen molar-refractivity contribution in [1.29, 1.82) is 5.26 Å². The van der Waals surface area contributed by atoms with Crippen LogP contribution in [0.2, 0.25) is 0 Å². The Morgan fingerprint density at radius 3 is 2.60 bits per heavy atom. The number of fused-ring (bicyclic) bond motifs is 1. The molecule has 0 saturated heterocycles. The highest BCUT2D eigenvalue weighted by Crippen LogP contribution is 2.31. The van der Waals surface area contributed by atoms with Gasteiger partial charge in [0.15, 0.2) is 23.9 Å². The molecule has 0 radical (unpaired) electrons. The Labute approximate surface area is 205 Å². The van der Waals surface area contributed by atoms with E-state index in [0.717, 1.165) is 0 Å². The summed E-state index contributed by atoms with van der Waals surface area (Å²) in [5.41, 5.74) is 1.56. The summed E-state index contributed by atoms with van der Waals surface area (Å²) >= 11 is 1.17. The van der Waals surface area contributed by atoms with Crippen molar-refractivity contribution in [3.05, 3.63) is 83.4 Å². The normalized spacial score (nSPS) is 11.7. The number of anilines is 1. The molecule has 0 saturated carbocycles. The van der Waals surface area contributed by atoms with Crippen LogP contribution in [-0.2, 0) is 9.53 Å². The maximum atomic E-state index is 12.7. The number of benzene rings is 3. The zero-order valence-electron chi connectivity index (χ0n) is 18.5. The fourth-order valence-corrected chi connectivity index (χ4v) is 4.12. The molecular weight excluding hydrogens is 468 g/mol. The van der Waals surface area contributed by atoms with Gasteiger partial charge < -0.3 is 19.5 Å². The van der Waals surface area contributed by atoms with E-state index in [-0.39, 0.29) is 23.0 Å². The number of amides is 1. The molecule has 9 heteroatoms. The van der Waals surface area contributed by atoms with Crippen LogP contribution in [0, 0.1) is 11.3 Å². The molecule has 176 valence electrons. The van der Waals surface area contributed by atoms with Crippen LogP contribution in [0.4, 0.5) is 5.69 Å². The van der Waals surface area contributed by atoms with Crippen LogP contribution < -0.4 is 14.8 Å². The molecule has 0 bridgehead atoms. The first-order valence-corrected chi connectivity index (χ1v) is 11.6. The second-order valence-electron chi connectivity index (χ2n) is 7.38. The molecule has 3 aromatic carbocycles. The number of carbonyl (C=O) groups is 3. The smallest absolute Gasteiger partial charge is 0.339 e. The SMILES string of the molecule is N#Cc1cccc(NC(=O)CSc2ccccc2C(=O)OCC(=O)c2ccc3c(c2)OCCO3)c1. The summed E-state index contributed by atoms with van der Waals surface area (Å²) in [6.45, 7) is 0.414. The number of Topliss-reactive ketones (excluding diaryl/α,β-unsaturated/α-hetero) is 1. The van der Waals surface area contributed by atoms with Crippen molar-refractivity contribution >= 4 is 35.1 Å². The van der Waals surface area contributed by atoms with Crippen LogP contribution in [-0.4, -0.2) is 43.2 Å². The zero-order valence-corrected chi connectivity index (χ0v) is 19.3. The number of carbonyl (C=O) groups excluding carboxylic acids is 3. The average Bonchev–Trinajstić information content (AvgIpc) is 2.90. The van der Waals surface area contributed by atoms with Gasteiger partial charge in [-0.25, -0.2) is 4.79 Å². The third-order valence-electron chi connectivity index (χ3n) is 4.94. The topological polar surface area (TPSA) is 115 Å². The Kier molecular flexibility index (Phi) is 7.65. The summed E-state index contributed by atoms with van der Waals surface area (Å²) in [6, 6.07) is 20.1. The first-order chi connectivity index (χ1) is 17.0. The zero-order chi connectivity index (χ0) is 24.6. The molecule has 1 aliphatic rings. The minimum absolute atomic E-state index is 0.0389. The first kappa shape index (κ1) is 23.9. The van der Waals surface area contributed by atoms with Crippen LogP contribution in [0.3, 0.4) is 0 Å². The van der Waals surface area contributed by atoms with E-state index in [0.29, 0.717) is 46.4 Å². The Hall–Kier alpha value is -4.29. The summed E-state index contributed by atoms with van der Waals surface area (Å²) in [6.07, 6.45) is 0. The molecule has 1 heterocycles. The highest BCUT2D eigenvalue weighted by atomic mass is 32.2. The molecule has 8 nitrogen and oxygen atoms in total. The van der Waals surface area contributed by atoms with Crippen molar-refractivity contribution in [1.82, 2.24) is 0 Å². The molecule has 3 aromatic rings. The number of ketones is 1. The number of hydrogen-bond donors (Lipinski definition) is 1. The summed E-state index contributed by atoms with van der Waals surface area (Å²) < 4.78 is 16.2. The third-order valence-corrected chi connectivity index (χ3v) is 6.01. The predicted octanol–water partition coefficient (Wildman–Crippen LogP) is 4.10. The van der Waals surface area contributed by atoms with Gasteiger partial charge in [-0.2, -0.15) is 5.26 Å². The summed E-state index contributed by atoms with van der Waals surface area (Å²) in [7, 11) is 0. The quantitative estimate of drug-likeness (QED) is 0.286. The molecule has 1 amide bonds. The Morgan fingerprint density at radius 2 is 1.77 bits per heavy atom. The number of nitrogens with zero attached hydrogens (tertiary/aromatic N) is 1. The van der Waals surface area contributed by atoms with E-state index < -0.39 is 12.6 Å². The monoisotopic (exact) mass is 488 g/mol. The molecule has 1 aliphatic heterocycles. The lowest BCUT2D eigenvalue weighted by molar-refractivity contribution is -0.113. The van der Waals surface area contributed by atoms with Crippen molar-refractivity contribution in [2.24, 2.45) is 0 Å². The van der Waals surface area contributed by atoms with Crippen molar-refractivity contribution in [2.75, 3.05) is 30.9 Å². The molecule has 1 N–H and O–H groups in total. The Balaban J connectivity index is 1.34. The number of esters is 1. The van der Waals surface area contributed by atoms with Gasteiger partial charge in [0.05, 0.1) is 22.9 Å². The fourth-order valence-electron chi connectivity index (χ4n) is 3.28. The van der Waals surface area contributed by atoms with Crippen molar-refractivity contribution < 1.29 is 28.6 Å². The van der Waals surface area contributed by atoms with Gasteiger partial charge in [0, 0.05) is 16.1 Å². The Bertz CT molecular complexity index is 1320. The highest BCUT2D eigenvalue weighted by Gasteiger charge is 2.18. The largest absolute Gasteiger partial charge is 0.486 e. The second kappa shape index (κ2) is 11.2. The third kappa shape index (κ3) is 6.19. The van der Waals surface area contributed by atoms with Gasteiger partial charge in [0.2, 0.25) is 5.91 Å². The number of rotatable bonds is 8. The molecule has 0 aliphatic carbocycles. The molecule has 0 atom stereocenters. The molecule has 0 fully saturated rings. The van der Waals surface area contributed by atoms with E-state index in [9.17, 15) is 14.4 Å². The van der Waals surface area contributed by atoms with E-state index in [1.165, 1.54) is 11.8 Å². The Morgan fingerprint density at radius 1 is 0.971 bits per heavy atom. The minimum atomic E-state index is -0.666. The lowest BCUT2D eigenvalue weighted by Crippen LogP contribution is -2.18. The minimum Gasteiger partial charge on any atom is -0.486 e. The lowest BCUT2D eigenvalue weighted by Gasteiger charge is -2.18. The van der Waals surface area contributed by atoms with E-state index in [4.69, 9.17) is 19.5 Å². The number of nitriles is 1. The number of ether oxygens (including phenoxy) is 3. The molecule has 35 heavy (non-hydrogen) atoms. The summed E-state index contributed by atoms with van der Waals surface area (Å²) in [5, 5.41) is 11.7. The van der Waals surface area contributed by atoms with Crippen LogP contribution in [0.1, 0.15) is 26.3 Å². The van der Waals surface area contributed by atoms with Crippen molar-refractivity contribution in [3.63, 3.8) is 0 Å². The van der Waals surface area contributed by atoms with Gasteiger partial charge in [-0.3, -0.25) is 9.59 Å². The number of nitrogens with one attached hydrogen (secondary N) is 1. The van der Waals surface area contributed by atoms with E-state index in [1.54, 1.807) is 66.7 Å². The molecule has 4 rings (SSSR count). The summed E-state index contributed by atoms with van der Waals surface area (Å²) in [4.78, 5) is 38.1. The van der Waals surface area contributed by atoms with Crippen LogP contribution in [0.5, 0.6) is 11.5 Å². The van der Waals surface area contributed by atoms with Crippen LogP contribution in [0.25, 0.3) is 0 Å². The molecule has 0 spiro atoms. The van der Waals surface area contributed by atoms with Crippen LogP contribution in [0.15, 0.2) is 71.6 Å². The highest BCUT2D eigenvalue weighted by molar-refractivity contribution is 8.00. The molecule has 0 unspecified atom stereocenters. The summed E-state index contributed by atoms with van der Waals surface area (Å²) in [5.74, 6) is -0.245. The standard InChI is InChI=1S/C26H20N2O6S/c27-14-17-4-3-5-19(12-17)28-25(30)16-35-24-7-2-1-6-20(24)26(31)34-15-21(29)18-8-9-22-23(13-18)33-11-10-32-22/h1-9,12-13H,10-11,15-16H2,(H,28,30). The lowest BCUT2D eigenvalue weighted by atomic mass is 10.1. The van der Waals surface area contributed by atoms with Gasteiger partial charge in [-0.05, 0) is 48.5 Å². The fraction of sp³-hybridized carbons (Fsp3) is 0.154. The van der Waals surface area contributed by atoms with Gasteiger partial charge in [0.1, 0.15) is 13.2 Å².